The zero-order chi connectivity index (χ0) is 15.0. The van der Waals surface area contributed by atoms with Gasteiger partial charge >= 0.3 is 0 Å². The van der Waals surface area contributed by atoms with Gasteiger partial charge in [-0.25, -0.2) is 0 Å². The van der Waals surface area contributed by atoms with Crippen LogP contribution in [0.2, 0.25) is 0 Å². The number of hydrogen-bond acceptors (Lipinski definition) is 8. The Kier molecular flexibility index (Phi) is 6.96. The second-order valence-corrected chi connectivity index (χ2v) is 4.52. The highest BCUT2D eigenvalue weighted by Gasteiger charge is 2.12. The van der Waals surface area contributed by atoms with Crippen LogP contribution in [-0.2, 0) is 4.74 Å². The Balaban J connectivity index is 2.90. The predicted molar refractivity (Wildman–Crippen MR) is 79.3 cm³/mol. The summed E-state index contributed by atoms with van der Waals surface area (Å²) in [7, 11) is 5.36. The van der Waals surface area contributed by atoms with E-state index >= 15 is 0 Å². The van der Waals surface area contributed by atoms with Crippen molar-refractivity contribution in [3.63, 3.8) is 0 Å². The van der Waals surface area contributed by atoms with Crippen LogP contribution in [0.15, 0.2) is 0 Å². The van der Waals surface area contributed by atoms with Gasteiger partial charge in [-0.1, -0.05) is 0 Å². The molecule has 3 N–H and O–H groups in total. The van der Waals surface area contributed by atoms with Gasteiger partial charge in [-0.3, -0.25) is 0 Å². The Hall–Kier alpha value is -1.67. The van der Waals surface area contributed by atoms with Crippen molar-refractivity contribution in [1.29, 1.82) is 0 Å². The van der Waals surface area contributed by atoms with Crippen LogP contribution in [0.25, 0.3) is 0 Å². The van der Waals surface area contributed by atoms with E-state index < -0.39 is 0 Å². The maximum atomic E-state index is 9.05. The van der Waals surface area contributed by atoms with Gasteiger partial charge in [0.1, 0.15) is 0 Å². The third-order valence-electron chi connectivity index (χ3n) is 2.54. The van der Waals surface area contributed by atoms with Crippen LogP contribution < -0.4 is 15.5 Å². The lowest BCUT2D eigenvalue weighted by Gasteiger charge is -2.18. The molecule has 0 fully saturated rings. The van der Waals surface area contributed by atoms with E-state index in [0.717, 1.165) is 6.54 Å². The highest BCUT2D eigenvalue weighted by atomic mass is 16.5. The molecule has 20 heavy (non-hydrogen) atoms. The lowest BCUT2D eigenvalue weighted by molar-refractivity contribution is 0.170. The molecular weight excluding hydrogens is 260 g/mol. The third-order valence-corrected chi connectivity index (χ3v) is 2.54. The number of rotatable bonds is 9. The molecule has 0 spiro atoms. The molecule has 0 bridgehead atoms. The van der Waals surface area contributed by atoms with Crippen molar-refractivity contribution in [2.24, 2.45) is 0 Å². The second-order valence-electron chi connectivity index (χ2n) is 4.52. The van der Waals surface area contributed by atoms with E-state index in [1.807, 2.05) is 25.9 Å². The van der Waals surface area contributed by atoms with Crippen LogP contribution in [-0.4, -0.2) is 67.1 Å². The highest BCUT2D eigenvalue weighted by molar-refractivity contribution is 5.43. The fourth-order valence-electron chi connectivity index (χ4n) is 1.60. The van der Waals surface area contributed by atoms with Gasteiger partial charge in [0, 0.05) is 34.4 Å². The number of aliphatic hydroxyl groups is 1. The molecule has 8 nitrogen and oxygen atoms in total. The summed E-state index contributed by atoms with van der Waals surface area (Å²) >= 11 is 0. The van der Waals surface area contributed by atoms with Gasteiger partial charge in [-0.15, -0.1) is 0 Å². The van der Waals surface area contributed by atoms with E-state index in [4.69, 9.17) is 9.84 Å². The summed E-state index contributed by atoms with van der Waals surface area (Å²) in [5, 5.41) is 15.3. The van der Waals surface area contributed by atoms with Gasteiger partial charge < -0.3 is 25.4 Å². The summed E-state index contributed by atoms with van der Waals surface area (Å²) in [6.45, 7) is 3.26. The van der Waals surface area contributed by atoms with E-state index in [-0.39, 0.29) is 12.6 Å². The summed E-state index contributed by atoms with van der Waals surface area (Å²) in [6.07, 6.45) is 0.563. The van der Waals surface area contributed by atoms with E-state index in [9.17, 15) is 0 Å². The first-order valence-corrected chi connectivity index (χ1v) is 6.64. The average molecular weight is 284 g/mol. The number of nitrogens with zero attached hydrogens (tertiary/aromatic N) is 4. The molecule has 0 aliphatic rings. The largest absolute Gasteiger partial charge is 0.396 e. The Bertz CT molecular complexity index is 396. The molecule has 1 atom stereocenters. The first kappa shape index (κ1) is 16.4. The van der Waals surface area contributed by atoms with Crippen LogP contribution in [0.4, 0.5) is 17.8 Å². The van der Waals surface area contributed by atoms with Crippen LogP contribution >= 0.6 is 0 Å². The summed E-state index contributed by atoms with van der Waals surface area (Å²) in [5.74, 6) is 1.56. The Morgan fingerprint density at radius 2 is 1.95 bits per heavy atom. The zero-order valence-electron chi connectivity index (χ0n) is 12.6. The van der Waals surface area contributed by atoms with Crippen molar-refractivity contribution in [3.8, 4) is 0 Å². The number of methoxy groups -OCH3 is 1. The van der Waals surface area contributed by atoms with Crippen molar-refractivity contribution < 1.29 is 9.84 Å². The van der Waals surface area contributed by atoms with E-state index in [0.29, 0.717) is 30.9 Å². The summed E-state index contributed by atoms with van der Waals surface area (Å²) in [5.41, 5.74) is 0. The molecule has 0 aliphatic heterocycles. The fraction of sp³-hybridized carbons (Fsp3) is 0.750. The quantitative estimate of drug-likeness (QED) is 0.591. The van der Waals surface area contributed by atoms with Crippen molar-refractivity contribution in [2.45, 2.75) is 19.4 Å². The summed E-state index contributed by atoms with van der Waals surface area (Å²) in [4.78, 5) is 14.7. The molecule has 0 aliphatic carbocycles. The first-order chi connectivity index (χ1) is 9.60. The number of ether oxygens (including phenoxy) is 1. The second kappa shape index (κ2) is 8.49. The molecule has 1 aromatic rings. The van der Waals surface area contributed by atoms with Crippen molar-refractivity contribution in [2.75, 3.05) is 56.5 Å². The maximum absolute atomic E-state index is 9.05. The molecule has 1 unspecified atom stereocenters. The molecule has 1 rings (SSSR count). The molecule has 1 aromatic heterocycles. The van der Waals surface area contributed by atoms with E-state index in [1.54, 1.807) is 7.11 Å². The molecule has 0 saturated heterocycles. The van der Waals surface area contributed by atoms with E-state index in [2.05, 4.69) is 25.6 Å². The van der Waals surface area contributed by atoms with Crippen LogP contribution in [0, 0.1) is 0 Å². The fourth-order valence-corrected chi connectivity index (χ4v) is 1.60. The zero-order valence-corrected chi connectivity index (χ0v) is 12.6. The molecule has 0 saturated carbocycles. The van der Waals surface area contributed by atoms with Gasteiger partial charge in [0.25, 0.3) is 0 Å². The van der Waals surface area contributed by atoms with Crippen molar-refractivity contribution in [3.05, 3.63) is 0 Å². The molecule has 114 valence electrons. The number of anilines is 3. The normalized spacial score (nSPS) is 12.1. The minimum absolute atomic E-state index is 0.0445. The first-order valence-electron chi connectivity index (χ1n) is 6.64. The van der Waals surface area contributed by atoms with Gasteiger partial charge in [0.2, 0.25) is 17.8 Å². The summed E-state index contributed by atoms with van der Waals surface area (Å²) in [6, 6.07) is -0.0445. The molecule has 1 heterocycles. The minimum atomic E-state index is -0.0445. The van der Waals surface area contributed by atoms with Crippen LogP contribution in [0.1, 0.15) is 13.3 Å². The smallest absolute Gasteiger partial charge is 0.231 e. The van der Waals surface area contributed by atoms with Crippen LogP contribution in [0.5, 0.6) is 0 Å². The molecule has 0 radical (unpaired) electrons. The topological polar surface area (TPSA) is 95.4 Å². The number of aliphatic hydroxyl groups excluding tert-OH is 1. The SMILES string of the molecule is CCNc1nc(NC(CCO)COC)nc(N(C)C)n1. The van der Waals surface area contributed by atoms with Gasteiger partial charge in [-0.2, -0.15) is 15.0 Å². The summed E-state index contributed by atoms with van der Waals surface area (Å²) < 4.78 is 5.11. The van der Waals surface area contributed by atoms with Crippen LogP contribution in [0.3, 0.4) is 0 Å². The number of nitrogens with one attached hydrogen (secondary N) is 2. The highest BCUT2D eigenvalue weighted by Crippen LogP contribution is 2.13. The number of hydrogen-bond donors (Lipinski definition) is 3. The minimum Gasteiger partial charge on any atom is -0.396 e. The van der Waals surface area contributed by atoms with Gasteiger partial charge in [0.05, 0.1) is 12.6 Å². The molecule has 8 heteroatoms. The van der Waals surface area contributed by atoms with Crippen molar-refractivity contribution >= 4 is 17.8 Å². The average Bonchev–Trinajstić information content (AvgIpc) is 2.39. The monoisotopic (exact) mass is 284 g/mol. The third kappa shape index (κ3) is 5.14. The Labute approximate surface area is 119 Å². The van der Waals surface area contributed by atoms with E-state index in [1.165, 1.54) is 0 Å². The lowest BCUT2D eigenvalue weighted by Crippen LogP contribution is -2.28. The standard InChI is InChI=1S/C12H24N6O2/c1-5-13-10-15-11(17-12(16-10)18(2)3)14-9(6-7-19)8-20-4/h9,19H,5-8H2,1-4H3,(H2,13,14,15,16,17). The van der Waals surface area contributed by atoms with Crippen molar-refractivity contribution in [1.82, 2.24) is 15.0 Å². The Morgan fingerprint density at radius 1 is 1.25 bits per heavy atom. The Morgan fingerprint density at radius 3 is 2.50 bits per heavy atom. The number of aromatic nitrogens is 3. The van der Waals surface area contributed by atoms with Gasteiger partial charge in [0.15, 0.2) is 0 Å². The molecular formula is C12H24N6O2. The van der Waals surface area contributed by atoms with Gasteiger partial charge in [-0.05, 0) is 13.3 Å². The predicted octanol–water partition coefficient (Wildman–Crippen LogP) is 0.179. The molecule has 0 amide bonds. The maximum Gasteiger partial charge on any atom is 0.231 e. The molecule has 0 aromatic carbocycles. The lowest BCUT2D eigenvalue weighted by atomic mass is 10.2.